The van der Waals surface area contributed by atoms with Crippen molar-refractivity contribution in [1.29, 1.82) is 0 Å². The summed E-state index contributed by atoms with van der Waals surface area (Å²) in [6, 6.07) is 3.93. The average Bonchev–Trinajstić information content (AvgIpc) is 3.30. The quantitative estimate of drug-likeness (QED) is 0.544. The van der Waals surface area contributed by atoms with E-state index in [0.29, 0.717) is 27.9 Å². The minimum Gasteiger partial charge on any atom is -0.507 e. The Balaban J connectivity index is 1.63. The lowest BCUT2D eigenvalue weighted by atomic mass is 10.1. The van der Waals surface area contributed by atoms with E-state index in [0.717, 1.165) is 30.2 Å². The molecule has 0 amide bonds. The first kappa shape index (κ1) is 17.8. The third-order valence-corrected chi connectivity index (χ3v) is 5.88. The predicted octanol–water partition coefficient (Wildman–Crippen LogP) is 2.41. The van der Waals surface area contributed by atoms with E-state index in [-0.39, 0.29) is 23.4 Å². The molecule has 3 aromatic heterocycles. The minimum atomic E-state index is -0.101. The zero-order chi connectivity index (χ0) is 20.3. The van der Waals surface area contributed by atoms with Crippen LogP contribution in [0.1, 0.15) is 30.9 Å². The van der Waals surface area contributed by atoms with Gasteiger partial charge in [0.15, 0.2) is 5.82 Å². The third-order valence-electron chi connectivity index (χ3n) is 5.88. The Hall–Kier alpha value is -3.26. The molecule has 1 aliphatic carbocycles. The van der Waals surface area contributed by atoms with E-state index in [2.05, 4.69) is 15.1 Å². The van der Waals surface area contributed by atoms with Crippen molar-refractivity contribution in [1.82, 2.24) is 24.3 Å². The molecule has 3 heterocycles. The number of phenolic OH excluding ortho intramolecular Hbond substituents is 1. The SMILES string of the molecule is Cc1c(O)c(-c2ncc3c(=O)n([C@H]4CC[C@H](N)C4)ccc3n2)cc2cn(C)nc12. The van der Waals surface area contributed by atoms with Crippen LogP contribution in [0.15, 0.2) is 35.5 Å². The van der Waals surface area contributed by atoms with Gasteiger partial charge in [-0.25, -0.2) is 9.97 Å². The summed E-state index contributed by atoms with van der Waals surface area (Å²) in [5.41, 5.74) is 8.41. The molecule has 0 unspecified atom stereocenters. The van der Waals surface area contributed by atoms with Crippen molar-refractivity contribution < 1.29 is 5.11 Å². The summed E-state index contributed by atoms with van der Waals surface area (Å²) in [5, 5.41) is 16.4. The fourth-order valence-corrected chi connectivity index (χ4v) is 4.32. The number of rotatable bonds is 2. The van der Waals surface area contributed by atoms with Gasteiger partial charge in [-0.05, 0) is 38.3 Å². The molecule has 3 N–H and O–H groups in total. The first-order valence-electron chi connectivity index (χ1n) is 9.72. The van der Waals surface area contributed by atoms with E-state index in [9.17, 15) is 9.90 Å². The Morgan fingerprint density at radius 2 is 2.14 bits per heavy atom. The van der Waals surface area contributed by atoms with Crippen LogP contribution in [0.4, 0.5) is 0 Å². The van der Waals surface area contributed by atoms with Crippen LogP contribution in [0.5, 0.6) is 5.75 Å². The number of hydrogen-bond acceptors (Lipinski definition) is 6. The Labute approximate surface area is 166 Å². The number of aromatic nitrogens is 5. The van der Waals surface area contributed by atoms with Crippen LogP contribution in [0.25, 0.3) is 33.2 Å². The van der Waals surface area contributed by atoms with E-state index in [4.69, 9.17) is 5.73 Å². The number of nitrogens with two attached hydrogens (primary N) is 1. The van der Waals surface area contributed by atoms with Crippen molar-refractivity contribution in [3.05, 3.63) is 46.6 Å². The fraction of sp³-hybridized carbons (Fsp3) is 0.333. The van der Waals surface area contributed by atoms with Crippen molar-refractivity contribution in [3.8, 4) is 17.1 Å². The van der Waals surface area contributed by atoms with Gasteiger partial charge in [-0.1, -0.05) is 0 Å². The number of hydrogen-bond donors (Lipinski definition) is 2. The normalized spacial score (nSPS) is 19.4. The molecule has 8 heteroatoms. The molecule has 1 fully saturated rings. The van der Waals surface area contributed by atoms with E-state index < -0.39 is 0 Å². The summed E-state index contributed by atoms with van der Waals surface area (Å²) in [6.45, 7) is 1.82. The Bertz CT molecular complexity index is 1320. The Kier molecular flexibility index (Phi) is 3.92. The maximum atomic E-state index is 13.0. The molecule has 0 bridgehead atoms. The van der Waals surface area contributed by atoms with Crippen molar-refractivity contribution in [2.45, 2.75) is 38.3 Å². The van der Waals surface area contributed by atoms with Crippen LogP contribution in [0, 0.1) is 6.92 Å². The first-order chi connectivity index (χ1) is 13.9. The second-order valence-electron chi connectivity index (χ2n) is 7.89. The number of phenols is 1. The van der Waals surface area contributed by atoms with Crippen molar-refractivity contribution in [3.63, 3.8) is 0 Å². The second-order valence-corrected chi connectivity index (χ2v) is 7.89. The van der Waals surface area contributed by atoms with E-state index in [1.807, 2.05) is 32.3 Å². The molecule has 0 aliphatic heterocycles. The standard InChI is InChI=1S/C21H22N6O2/c1-11-18-12(10-26(2)25-18)7-15(19(11)28)20-23-9-16-17(24-20)5-6-27(21(16)29)14-4-3-13(22)8-14/h5-7,9-10,13-14,28H,3-4,8,22H2,1-2H3/t13-,14-/m0/s1. The highest BCUT2D eigenvalue weighted by Crippen LogP contribution is 2.35. The van der Waals surface area contributed by atoms with E-state index >= 15 is 0 Å². The number of pyridine rings is 1. The summed E-state index contributed by atoms with van der Waals surface area (Å²) >= 11 is 0. The molecule has 2 atom stereocenters. The van der Waals surface area contributed by atoms with Crippen LogP contribution in [-0.4, -0.2) is 35.5 Å². The predicted molar refractivity (Wildman–Crippen MR) is 111 cm³/mol. The monoisotopic (exact) mass is 390 g/mol. The topological polar surface area (TPSA) is 112 Å². The summed E-state index contributed by atoms with van der Waals surface area (Å²) in [4.78, 5) is 21.9. The highest BCUT2D eigenvalue weighted by Gasteiger charge is 2.24. The van der Waals surface area contributed by atoms with Gasteiger partial charge in [-0.2, -0.15) is 5.10 Å². The molecule has 8 nitrogen and oxygen atoms in total. The molecule has 29 heavy (non-hydrogen) atoms. The molecule has 148 valence electrons. The van der Waals surface area contributed by atoms with Crippen molar-refractivity contribution in [2.75, 3.05) is 0 Å². The maximum Gasteiger partial charge on any atom is 0.261 e. The largest absolute Gasteiger partial charge is 0.507 e. The summed E-state index contributed by atoms with van der Waals surface area (Å²) in [6.07, 6.45) is 7.87. The van der Waals surface area contributed by atoms with Gasteiger partial charge in [0, 0.05) is 48.7 Å². The Morgan fingerprint density at radius 1 is 1.31 bits per heavy atom. The molecule has 4 aromatic rings. The minimum absolute atomic E-state index is 0.101. The number of aromatic hydroxyl groups is 1. The maximum absolute atomic E-state index is 13.0. The second kappa shape index (κ2) is 6.38. The molecule has 0 spiro atoms. The van der Waals surface area contributed by atoms with Gasteiger partial charge in [0.05, 0.1) is 22.0 Å². The lowest BCUT2D eigenvalue weighted by molar-refractivity contribution is 0.473. The zero-order valence-electron chi connectivity index (χ0n) is 16.3. The summed E-state index contributed by atoms with van der Waals surface area (Å²) < 4.78 is 3.46. The van der Waals surface area contributed by atoms with Gasteiger partial charge in [0.1, 0.15) is 5.75 Å². The third kappa shape index (κ3) is 2.79. The molecule has 1 aromatic carbocycles. The van der Waals surface area contributed by atoms with E-state index in [1.165, 1.54) is 0 Å². The molecule has 1 saturated carbocycles. The summed E-state index contributed by atoms with van der Waals surface area (Å²) in [5.74, 6) is 0.479. The van der Waals surface area contributed by atoms with Crippen molar-refractivity contribution in [2.24, 2.45) is 12.8 Å². The smallest absolute Gasteiger partial charge is 0.261 e. The van der Waals surface area contributed by atoms with Crippen LogP contribution < -0.4 is 11.3 Å². The van der Waals surface area contributed by atoms with Gasteiger partial charge < -0.3 is 15.4 Å². The lowest BCUT2D eigenvalue weighted by Crippen LogP contribution is -2.24. The fourth-order valence-electron chi connectivity index (χ4n) is 4.32. The molecule has 5 rings (SSSR count). The summed E-state index contributed by atoms with van der Waals surface area (Å²) in [7, 11) is 1.84. The number of benzene rings is 1. The zero-order valence-corrected chi connectivity index (χ0v) is 16.3. The average molecular weight is 390 g/mol. The Morgan fingerprint density at radius 3 is 2.90 bits per heavy atom. The molecular weight excluding hydrogens is 368 g/mol. The van der Waals surface area contributed by atoms with Gasteiger partial charge in [0.2, 0.25) is 0 Å². The van der Waals surface area contributed by atoms with Gasteiger partial charge >= 0.3 is 0 Å². The molecule has 0 radical (unpaired) electrons. The van der Waals surface area contributed by atoms with Crippen LogP contribution in [-0.2, 0) is 7.05 Å². The van der Waals surface area contributed by atoms with Crippen LogP contribution in [0.3, 0.4) is 0 Å². The van der Waals surface area contributed by atoms with Gasteiger partial charge in [-0.15, -0.1) is 0 Å². The van der Waals surface area contributed by atoms with Gasteiger partial charge in [0.25, 0.3) is 5.56 Å². The highest BCUT2D eigenvalue weighted by atomic mass is 16.3. The van der Waals surface area contributed by atoms with Crippen molar-refractivity contribution >= 4 is 21.8 Å². The lowest BCUT2D eigenvalue weighted by Gasteiger charge is -2.14. The van der Waals surface area contributed by atoms with Crippen LogP contribution >= 0.6 is 0 Å². The van der Waals surface area contributed by atoms with Crippen LogP contribution in [0.2, 0.25) is 0 Å². The molecule has 1 aliphatic rings. The van der Waals surface area contributed by atoms with E-state index in [1.54, 1.807) is 21.6 Å². The number of aryl methyl sites for hydroxylation is 2. The highest BCUT2D eigenvalue weighted by molar-refractivity contribution is 5.90. The molecular formula is C21H22N6O2. The first-order valence-corrected chi connectivity index (χ1v) is 9.72. The molecule has 0 saturated heterocycles. The van der Waals surface area contributed by atoms with Gasteiger partial charge in [-0.3, -0.25) is 9.48 Å². The number of fused-ring (bicyclic) bond motifs is 2. The number of nitrogens with zero attached hydrogens (tertiary/aromatic N) is 5.